The Morgan fingerprint density at radius 1 is 1.28 bits per heavy atom. The zero-order valence-corrected chi connectivity index (χ0v) is 16.0. The molecule has 6 heteroatoms. The van der Waals surface area contributed by atoms with E-state index in [1.54, 1.807) is 36.4 Å². The molecular formula is C23H22F2N2O2. The zero-order valence-electron chi connectivity index (χ0n) is 16.0. The van der Waals surface area contributed by atoms with E-state index in [1.165, 1.54) is 17.0 Å². The largest absolute Gasteiger partial charge is 0.494 e. The first-order chi connectivity index (χ1) is 14.0. The van der Waals surface area contributed by atoms with Crippen LogP contribution in [0.25, 0.3) is 0 Å². The third-order valence-corrected chi connectivity index (χ3v) is 4.90. The normalized spacial score (nSPS) is 18.3. The molecule has 1 heterocycles. The summed E-state index contributed by atoms with van der Waals surface area (Å²) in [7, 11) is 0. The maximum atomic E-state index is 14.0. The van der Waals surface area contributed by atoms with Crippen molar-refractivity contribution in [2.75, 3.05) is 13.2 Å². The Morgan fingerprint density at radius 2 is 2.07 bits per heavy atom. The van der Waals surface area contributed by atoms with E-state index in [4.69, 9.17) is 10.00 Å². The van der Waals surface area contributed by atoms with E-state index in [0.717, 1.165) is 0 Å². The van der Waals surface area contributed by atoms with Gasteiger partial charge in [0.15, 0.2) is 0 Å². The molecule has 3 rings (SSSR count). The highest BCUT2D eigenvalue weighted by atomic mass is 19.1. The minimum Gasteiger partial charge on any atom is -0.494 e. The summed E-state index contributed by atoms with van der Waals surface area (Å²) in [6.07, 6.45) is -0.0319. The molecule has 4 nitrogen and oxygen atoms in total. The van der Waals surface area contributed by atoms with Gasteiger partial charge in [-0.25, -0.2) is 8.78 Å². The summed E-state index contributed by atoms with van der Waals surface area (Å²) < 4.78 is 33.2. The van der Waals surface area contributed by atoms with Gasteiger partial charge in [-0.2, -0.15) is 5.26 Å². The third-order valence-electron chi connectivity index (χ3n) is 4.90. The molecule has 1 aliphatic heterocycles. The van der Waals surface area contributed by atoms with E-state index in [0.29, 0.717) is 41.9 Å². The Hall–Kier alpha value is -3.20. The number of carbonyl (C=O) groups is 1. The van der Waals surface area contributed by atoms with Gasteiger partial charge in [-0.3, -0.25) is 4.79 Å². The number of benzene rings is 2. The lowest BCUT2D eigenvalue weighted by atomic mass is 10.0. The number of rotatable bonds is 7. The Balaban J connectivity index is 1.54. The van der Waals surface area contributed by atoms with Gasteiger partial charge in [0.1, 0.15) is 17.7 Å². The van der Waals surface area contributed by atoms with Crippen LogP contribution in [0.15, 0.2) is 60.7 Å². The Labute approximate surface area is 169 Å². The molecule has 150 valence electrons. The molecule has 0 N–H and O–H groups in total. The van der Waals surface area contributed by atoms with Gasteiger partial charge in [-0.15, -0.1) is 0 Å². The van der Waals surface area contributed by atoms with Gasteiger partial charge in [0.05, 0.1) is 30.8 Å². The Kier molecular flexibility index (Phi) is 6.61. The highest BCUT2D eigenvalue weighted by molar-refractivity contribution is 5.93. The van der Waals surface area contributed by atoms with Crippen molar-refractivity contribution in [1.29, 1.82) is 5.26 Å². The van der Waals surface area contributed by atoms with E-state index < -0.39 is 18.0 Å². The third kappa shape index (κ3) is 5.20. The maximum Gasteiger partial charge on any atom is 0.249 e. The zero-order chi connectivity index (χ0) is 20.8. The van der Waals surface area contributed by atoms with Crippen LogP contribution in [-0.4, -0.2) is 30.1 Å². The molecule has 0 radical (unpaired) electrons. The van der Waals surface area contributed by atoms with Crippen LogP contribution in [0.2, 0.25) is 0 Å². The highest BCUT2D eigenvalue weighted by Gasteiger charge is 2.37. The van der Waals surface area contributed by atoms with Crippen LogP contribution in [0.1, 0.15) is 36.4 Å². The number of nitriles is 1. The smallest absolute Gasteiger partial charge is 0.249 e. The lowest BCUT2D eigenvalue weighted by Crippen LogP contribution is -2.32. The van der Waals surface area contributed by atoms with Gasteiger partial charge < -0.3 is 9.64 Å². The monoisotopic (exact) mass is 396 g/mol. The summed E-state index contributed by atoms with van der Waals surface area (Å²) >= 11 is 0. The summed E-state index contributed by atoms with van der Waals surface area (Å²) in [5, 5.41) is 8.90. The fraction of sp³-hybridized carbons (Fsp3) is 0.304. The molecule has 0 bridgehead atoms. The SMILES string of the molecule is C=C(CCCOc1cccc(C#N)c1)C(=O)N1CC(F)CC1c1cccc(F)c1. The second-order valence-corrected chi connectivity index (χ2v) is 7.06. The van der Waals surface area contributed by atoms with E-state index >= 15 is 0 Å². The lowest BCUT2D eigenvalue weighted by Gasteiger charge is -2.25. The first kappa shape index (κ1) is 20.5. The summed E-state index contributed by atoms with van der Waals surface area (Å²) in [6, 6.07) is 14.3. The predicted octanol–water partition coefficient (Wildman–Crippen LogP) is 4.72. The van der Waals surface area contributed by atoms with E-state index in [-0.39, 0.29) is 18.9 Å². The van der Waals surface area contributed by atoms with Crippen molar-refractivity contribution >= 4 is 5.91 Å². The summed E-state index contributed by atoms with van der Waals surface area (Å²) in [4.78, 5) is 14.2. The fourth-order valence-corrected chi connectivity index (χ4v) is 3.48. The van der Waals surface area contributed by atoms with Crippen LogP contribution in [0.5, 0.6) is 5.75 Å². The number of hydrogen-bond acceptors (Lipinski definition) is 3. The van der Waals surface area contributed by atoms with Crippen LogP contribution in [0.3, 0.4) is 0 Å². The van der Waals surface area contributed by atoms with E-state index in [1.807, 2.05) is 6.07 Å². The van der Waals surface area contributed by atoms with E-state index in [2.05, 4.69) is 6.58 Å². The molecule has 2 atom stereocenters. The Bertz CT molecular complexity index is 938. The molecule has 0 spiro atoms. The average Bonchev–Trinajstić information content (AvgIpc) is 3.12. The highest BCUT2D eigenvalue weighted by Crippen LogP contribution is 2.35. The number of carbonyl (C=O) groups excluding carboxylic acids is 1. The summed E-state index contributed by atoms with van der Waals surface area (Å²) in [5.74, 6) is -0.133. The molecular weight excluding hydrogens is 374 g/mol. The second-order valence-electron chi connectivity index (χ2n) is 7.06. The number of ether oxygens (including phenoxy) is 1. The van der Waals surface area contributed by atoms with Gasteiger partial charge in [-0.1, -0.05) is 24.8 Å². The van der Waals surface area contributed by atoms with Crippen LogP contribution in [0, 0.1) is 17.1 Å². The van der Waals surface area contributed by atoms with Crippen LogP contribution in [-0.2, 0) is 4.79 Å². The van der Waals surface area contributed by atoms with Crippen molar-refractivity contribution in [1.82, 2.24) is 4.90 Å². The average molecular weight is 396 g/mol. The minimum absolute atomic E-state index is 0.0174. The van der Waals surface area contributed by atoms with Crippen LogP contribution in [0.4, 0.5) is 8.78 Å². The summed E-state index contributed by atoms with van der Waals surface area (Å²) in [6.45, 7) is 4.20. The first-order valence-corrected chi connectivity index (χ1v) is 9.49. The van der Waals surface area contributed by atoms with Gasteiger partial charge in [-0.05, 0) is 48.7 Å². The molecule has 1 amide bonds. The number of amides is 1. The quantitative estimate of drug-likeness (QED) is 0.502. The minimum atomic E-state index is -1.14. The van der Waals surface area contributed by atoms with Crippen molar-refractivity contribution in [3.05, 3.63) is 77.6 Å². The standard InChI is InChI=1S/C23H22F2N2O2/c1-16(5-4-10-29-21-9-2-6-17(11-21)14-26)23(28)27-15-20(25)13-22(27)18-7-3-8-19(24)12-18/h2-3,6-9,11-12,20,22H,1,4-5,10,13,15H2. The fourth-order valence-electron chi connectivity index (χ4n) is 3.48. The van der Waals surface area contributed by atoms with Gasteiger partial charge in [0.2, 0.25) is 5.91 Å². The molecule has 1 fully saturated rings. The number of likely N-dealkylation sites (tertiary alicyclic amines) is 1. The van der Waals surface area contributed by atoms with Crippen molar-refractivity contribution in [3.8, 4) is 11.8 Å². The maximum absolute atomic E-state index is 14.0. The lowest BCUT2D eigenvalue weighted by molar-refractivity contribution is -0.128. The molecule has 0 aliphatic carbocycles. The predicted molar refractivity (Wildman–Crippen MR) is 105 cm³/mol. The van der Waals surface area contributed by atoms with Crippen molar-refractivity contribution in [3.63, 3.8) is 0 Å². The molecule has 1 saturated heterocycles. The molecule has 0 saturated carbocycles. The van der Waals surface area contributed by atoms with Crippen LogP contribution < -0.4 is 4.74 Å². The molecule has 29 heavy (non-hydrogen) atoms. The molecule has 2 aromatic rings. The van der Waals surface area contributed by atoms with Gasteiger partial charge >= 0.3 is 0 Å². The van der Waals surface area contributed by atoms with Gasteiger partial charge in [0, 0.05) is 12.0 Å². The van der Waals surface area contributed by atoms with Crippen molar-refractivity contribution in [2.45, 2.75) is 31.5 Å². The van der Waals surface area contributed by atoms with Crippen molar-refractivity contribution < 1.29 is 18.3 Å². The molecule has 2 unspecified atom stereocenters. The van der Waals surface area contributed by atoms with Crippen LogP contribution >= 0.6 is 0 Å². The molecule has 2 aromatic carbocycles. The molecule has 1 aliphatic rings. The van der Waals surface area contributed by atoms with Gasteiger partial charge in [0.25, 0.3) is 0 Å². The summed E-state index contributed by atoms with van der Waals surface area (Å²) in [5.41, 5.74) is 1.47. The Morgan fingerprint density at radius 3 is 2.83 bits per heavy atom. The number of halogens is 2. The van der Waals surface area contributed by atoms with Crippen molar-refractivity contribution in [2.24, 2.45) is 0 Å². The number of alkyl halides is 1. The topological polar surface area (TPSA) is 53.3 Å². The molecule has 0 aromatic heterocycles. The van der Waals surface area contributed by atoms with E-state index in [9.17, 15) is 13.6 Å². The second kappa shape index (κ2) is 9.33. The number of hydrogen-bond donors (Lipinski definition) is 0. The first-order valence-electron chi connectivity index (χ1n) is 9.49. The number of nitrogens with zero attached hydrogens (tertiary/aromatic N) is 2.